The normalized spacial score (nSPS) is 17.2. The highest BCUT2D eigenvalue weighted by Crippen LogP contribution is 2.25. The highest BCUT2D eigenvalue weighted by atomic mass is 32.1. The van der Waals surface area contributed by atoms with Crippen molar-refractivity contribution in [1.29, 1.82) is 0 Å². The van der Waals surface area contributed by atoms with Crippen molar-refractivity contribution < 1.29 is 18.4 Å². The minimum atomic E-state index is -0.608. The number of likely N-dealkylation sites (tertiary alicyclic amines) is 1. The summed E-state index contributed by atoms with van der Waals surface area (Å²) in [4.78, 5) is 30.3. The maximum Gasteiger partial charge on any atom is 0.231 e. The van der Waals surface area contributed by atoms with Crippen LogP contribution in [0.5, 0.6) is 0 Å². The Morgan fingerprint density at radius 1 is 1.40 bits per heavy atom. The number of hydrogen-bond donors (Lipinski definition) is 1. The first-order valence-corrected chi connectivity index (χ1v) is 8.75. The average molecular weight is 365 g/mol. The molecule has 0 spiro atoms. The van der Waals surface area contributed by atoms with Gasteiger partial charge in [0.05, 0.1) is 5.92 Å². The van der Waals surface area contributed by atoms with Gasteiger partial charge < -0.3 is 10.2 Å². The highest BCUT2D eigenvalue weighted by Gasteiger charge is 2.33. The minimum Gasteiger partial charge on any atom is -0.342 e. The lowest BCUT2D eigenvalue weighted by Crippen LogP contribution is -2.28. The predicted molar refractivity (Wildman–Crippen MR) is 90.3 cm³/mol. The van der Waals surface area contributed by atoms with Crippen LogP contribution in [0, 0.1) is 17.6 Å². The van der Waals surface area contributed by atoms with E-state index in [1.807, 2.05) is 6.92 Å². The average Bonchev–Trinajstić information content (AvgIpc) is 3.17. The zero-order valence-corrected chi connectivity index (χ0v) is 14.4. The summed E-state index contributed by atoms with van der Waals surface area (Å²) in [5.41, 5.74) is -0.0241. The lowest BCUT2D eigenvalue weighted by molar-refractivity contribution is -0.128. The summed E-state index contributed by atoms with van der Waals surface area (Å²) < 4.78 is 27.4. The number of halogens is 2. The van der Waals surface area contributed by atoms with Gasteiger partial charge in [-0.2, -0.15) is 0 Å². The van der Waals surface area contributed by atoms with Gasteiger partial charge in [0.15, 0.2) is 5.13 Å². The third kappa shape index (κ3) is 3.84. The molecule has 2 aromatic rings. The summed E-state index contributed by atoms with van der Waals surface area (Å²) in [6, 6.07) is 3.73. The van der Waals surface area contributed by atoms with Crippen LogP contribution < -0.4 is 5.32 Å². The molecule has 5 nitrogen and oxygen atoms in total. The first-order valence-electron chi connectivity index (χ1n) is 7.94. The largest absolute Gasteiger partial charge is 0.342 e. The van der Waals surface area contributed by atoms with E-state index < -0.39 is 17.6 Å². The van der Waals surface area contributed by atoms with Gasteiger partial charge in [0.25, 0.3) is 0 Å². The van der Waals surface area contributed by atoms with Crippen molar-refractivity contribution in [3.63, 3.8) is 0 Å². The minimum absolute atomic E-state index is 0.0241. The van der Waals surface area contributed by atoms with Crippen LogP contribution >= 0.6 is 11.3 Å². The van der Waals surface area contributed by atoms with Crippen LogP contribution in [0.25, 0.3) is 0 Å². The third-order valence-corrected chi connectivity index (χ3v) is 5.08. The molecule has 1 aromatic carbocycles. The number of benzene rings is 1. The number of aromatic nitrogens is 1. The second-order valence-corrected chi connectivity index (χ2v) is 6.95. The number of carbonyl (C=O) groups excluding carboxylic acids is 2. The van der Waals surface area contributed by atoms with Crippen LogP contribution in [0.2, 0.25) is 0 Å². The maximum absolute atomic E-state index is 13.7. The Hall–Kier alpha value is -2.35. The van der Waals surface area contributed by atoms with Crippen LogP contribution in [0.15, 0.2) is 24.4 Å². The molecule has 0 aliphatic carbocycles. The lowest BCUT2D eigenvalue weighted by atomic mass is 10.1. The Morgan fingerprint density at radius 2 is 2.12 bits per heavy atom. The van der Waals surface area contributed by atoms with Crippen LogP contribution in [-0.4, -0.2) is 34.8 Å². The lowest BCUT2D eigenvalue weighted by Gasteiger charge is -2.12. The van der Waals surface area contributed by atoms with Crippen molar-refractivity contribution in [2.24, 2.45) is 5.92 Å². The van der Waals surface area contributed by atoms with E-state index in [1.54, 1.807) is 4.90 Å². The van der Waals surface area contributed by atoms with Crippen molar-refractivity contribution in [2.45, 2.75) is 19.8 Å². The fraction of sp³-hybridized carbons (Fsp3) is 0.353. The molecular weight excluding hydrogens is 348 g/mol. The maximum atomic E-state index is 13.7. The zero-order chi connectivity index (χ0) is 18.0. The van der Waals surface area contributed by atoms with Gasteiger partial charge >= 0.3 is 0 Å². The van der Waals surface area contributed by atoms with Gasteiger partial charge in [0.1, 0.15) is 11.6 Å². The van der Waals surface area contributed by atoms with Gasteiger partial charge in [0.2, 0.25) is 11.8 Å². The highest BCUT2D eigenvalue weighted by molar-refractivity contribution is 7.15. The van der Waals surface area contributed by atoms with Gasteiger partial charge in [-0.3, -0.25) is 9.59 Å². The molecule has 2 amide bonds. The number of anilines is 1. The molecule has 0 saturated carbocycles. The Kier molecular flexibility index (Phi) is 5.08. The number of rotatable bonds is 5. The summed E-state index contributed by atoms with van der Waals surface area (Å²) >= 11 is 1.16. The van der Waals surface area contributed by atoms with E-state index in [9.17, 15) is 18.4 Å². The van der Waals surface area contributed by atoms with Gasteiger partial charge in [-0.05, 0) is 19.1 Å². The second-order valence-electron chi connectivity index (χ2n) is 5.83. The molecule has 25 heavy (non-hydrogen) atoms. The Bertz CT molecular complexity index is 789. The topological polar surface area (TPSA) is 62.3 Å². The third-order valence-electron chi connectivity index (χ3n) is 4.16. The summed E-state index contributed by atoms with van der Waals surface area (Å²) in [5, 5.41) is 3.05. The number of thiazole rings is 1. The fourth-order valence-electron chi connectivity index (χ4n) is 2.78. The van der Waals surface area contributed by atoms with Gasteiger partial charge in [0, 0.05) is 42.6 Å². The molecule has 1 N–H and O–H groups in total. The van der Waals surface area contributed by atoms with Crippen LogP contribution in [0.1, 0.15) is 23.8 Å². The SMILES string of the molecule is CCN1CC(C(=O)Nc2ncc(Cc3c(F)cccc3F)s2)CC1=O. The summed E-state index contributed by atoms with van der Waals surface area (Å²) in [7, 11) is 0. The fourth-order valence-corrected chi connectivity index (χ4v) is 3.61. The van der Waals surface area contributed by atoms with Crippen molar-refractivity contribution in [3.8, 4) is 0 Å². The Morgan fingerprint density at radius 3 is 2.76 bits per heavy atom. The molecular formula is C17H17F2N3O2S. The molecule has 3 rings (SSSR count). The number of nitrogens with zero attached hydrogens (tertiary/aromatic N) is 2. The van der Waals surface area contributed by atoms with E-state index in [0.717, 1.165) is 11.3 Å². The molecule has 132 valence electrons. The number of carbonyl (C=O) groups is 2. The monoisotopic (exact) mass is 365 g/mol. The molecule has 1 unspecified atom stereocenters. The number of amides is 2. The van der Waals surface area contributed by atoms with E-state index in [2.05, 4.69) is 10.3 Å². The molecule has 1 aliphatic rings. The molecule has 1 aromatic heterocycles. The standard InChI is InChI=1S/C17H17F2N3O2S/c1-2-22-9-10(6-15(22)23)16(24)21-17-20-8-11(25-17)7-12-13(18)4-3-5-14(12)19/h3-5,8,10H,2,6-7,9H2,1H3,(H,20,21,24). The Balaban J connectivity index is 1.64. The van der Waals surface area contributed by atoms with E-state index in [1.165, 1.54) is 24.4 Å². The van der Waals surface area contributed by atoms with Crippen LogP contribution in [0.4, 0.5) is 13.9 Å². The summed E-state index contributed by atoms with van der Waals surface area (Å²) in [5.74, 6) is -1.91. The summed E-state index contributed by atoms with van der Waals surface area (Å²) in [6.45, 7) is 2.85. The molecule has 1 aliphatic heterocycles. The second kappa shape index (κ2) is 7.26. The number of hydrogen-bond acceptors (Lipinski definition) is 4. The van der Waals surface area contributed by atoms with E-state index in [4.69, 9.17) is 0 Å². The molecule has 8 heteroatoms. The van der Waals surface area contributed by atoms with Crippen LogP contribution in [0.3, 0.4) is 0 Å². The number of nitrogens with one attached hydrogen (secondary N) is 1. The molecule has 0 radical (unpaired) electrons. The summed E-state index contributed by atoms with van der Waals surface area (Å²) in [6.07, 6.45) is 1.75. The molecule has 2 heterocycles. The zero-order valence-electron chi connectivity index (χ0n) is 13.6. The smallest absolute Gasteiger partial charge is 0.231 e. The first-order chi connectivity index (χ1) is 12.0. The van der Waals surface area contributed by atoms with Crippen LogP contribution in [-0.2, 0) is 16.0 Å². The molecule has 1 atom stereocenters. The quantitative estimate of drug-likeness (QED) is 0.886. The molecule has 1 fully saturated rings. The predicted octanol–water partition coefficient (Wildman–Crippen LogP) is 2.82. The van der Waals surface area contributed by atoms with Crippen molar-refractivity contribution in [1.82, 2.24) is 9.88 Å². The van der Waals surface area contributed by atoms with E-state index in [-0.39, 0.29) is 30.2 Å². The molecule has 1 saturated heterocycles. The van der Waals surface area contributed by atoms with Gasteiger partial charge in [-0.1, -0.05) is 6.07 Å². The van der Waals surface area contributed by atoms with E-state index >= 15 is 0 Å². The van der Waals surface area contributed by atoms with Gasteiger partial charge in [-0.15, -0.1) is 11.3 Å². The van der Waals surface area contributed by atoms with Crippen molar-refractivity contribution >= 4 is 28.3 Å². The first kappa shape index (κ1) is 17.5. The van der Waals surface area contributed by atoms with Crippen molar-refractivity contribution in [2.75, 3.05) is 18.4 Å². The van der Waals surface area contributed by atoms with Crippen molar-refractivity contribution in [3.05, 3.63) is 46.5 Å². The Labute approximate surface area is 147 Å². The van der Waals surface area contributed by atoms with E-state index in [0.29, 0.717) is 23.1 Å². The van der Waals surface area contributed by atoms with Gasteiger partial charge in [-0.25, -0.2) is 13.8 Å². The molecule has 0 bridgehead atoms.